The van der Waals surface area contributed by atoms with Gasteiger partial charge in [-0.1, -0.05) is 0 Å². The molecular weight excluding hydrogens is 242 g/mol. The molecule has 0 aliphatic rings. The Balaban J connectivity index is 2.07. The Hall–Kier alpha value is -2.50. The van der Waals surface area contributed by atoms with Crippen LogP contribution in [-0.4, -0.2) is 26.9 Å². The molecule has 0 saturated heterocycles. The van der Waals surface area contributed by atoms with Crippen LogP contribution in [0.4, 0.5) is 0 Å². The number of carbonyl (C=O) groups excluding carboxylic acids is 1. The lowest BCUT2D eigenvalue weighted by atomic mass is 10.2. The van der Waals surface area contributed by atoms with E-state index < -0.39 is 0 Å². The number of nitrogens with zero attached hydrogens (tertiary/aromatic N) is 4. The van der Waals surface area contributed by atoms with Gasteiger partial charge < -0.3 is 0 Å². The molecule has 98 valence electrons. The maximum atomic E-state index is 11.7. The predicted molar refractivity (Wildman–Crippen MR) is 72.0 cm³/mol. The number of hydrazone groups is 1. The summed E-state index contributed by atoms with van der Waals surface area (Å²) in [6, 6.07) is 3.26. The van der Waals surface area contributed by atoms with E-state index in [1.54, 1.807) is 35.4 Å². The van der Waals surface area contributed by atoms with Gasteiger partial charge in [0.25, 0.3) is 5.91 Å². The minimum atomic E-state index is -0.266. The van der Waals surface area contributed by atoms with Crippen LogP contribution in [0.1, 0.15) is 27.3 Å². The van der Waals surface area contributed by atoms with Gasteiger partial charge in [-0.15, -0.1) is 0 Å². The quantitative estimate of drug-likeness (QED) is 0.663. The second-order valence-electron chi connectivity index (χ2n) is 4.14. The van der Waals surface area contributed by atoms with Gasteiger partial charge in [-0.2, -0.15) is 10.2 Å². The molecule has 0 atom stereocenters. The number of hydrogen-bond acceptors (Lipinski definition) is 4. The lowest BCUT2D eigenvalue weighted by molar-refractivity contribution is 0.0955. The SMILES string of the molecule is Cc1nn(C)c(C)c1/C=N/NC(=O)c1ccncc1. The van der Waals surface area contributed by atoms with Crippen LogP contribution in [0.2, 0.25) is 0 Å². The van der Waals surface area contributed by atoms with Crippen LogP contribution in [0, 0.1) is 13.8 Å². The van der Waals surface area contributed by atoms with E-state index in [-0.39, 0.29) is 5.91 Å². The number of rotatable bonds is 3. The molecule has 2 rings (SSSR count). The van der Waals surface area contributed by atoms with Crippen molar-refractivity contribution >= 4 is 12.1 Å². The fourth-order valence-electron chi connectivity index (χ4n) is 1.70. The van der Waals surface area contributed by atoms with Gasteiger partial charge in [0.15, 0.2) is 0 Å². The number of aromatic nitrogens is 3. The Morgan fingerprint density at radius 2 is 2.05 bits per heavy atom. The molecular formula is C13H15N5O. The van der Waals surface area contributed by atoms with E-state index in [2.05, 4.69) is 20.6 Å². The molecule has 19 heavy (non-hydrogen) atoms. The molecule has 0 fully saturated rings. The van der Waals surface area contributed by atoms with Crippen molar-refractivity contribution in [3.63, 3.8) is 0 Å². The molecule has 0 radical (unpaired) electrons. The van der Waals surface area contributed by atoms with Crippen molar-refractivity contribution in [2.24, 2.45) is 12.1 Å². The summed E-state index contributed by atoms with van der Waals surface area (Å²) in [5.74, 6) is -0.266. The molecule has 0 bridgehead atoms. The largest absolute Gasteiger partial charge is 0.272 e. The van der Waals surface area contributed by atoms with Crippen LogP contribution in [0.15, 0.2) is 29.6 Å². The number of carbonyl (C=O) groups is 1. The second kappa shape index (κ2) is 5.43. The van der Waals surface area contributed by atoms with Gasteiger partial charge in [0, 0.05) is 36.3 Å². The molecule has 0 saturated carbocycles. The molecule has 2 aromatic rings. The lowest BCUT2D eigenvalue weighted by Gasteiger charge is -1.98. The summed E-state index contributed by atoms with van der Waals surface area (Å²) in [7, 11) is 1.87. The Labute approximate surface area is 111 Å². The van der Waals surface area contributed by atoms with E-state index >= 15 is 0 Å². The highest BCUT2D eigenvalue weighted by atomic mass is 16.2. The highest BCUT2D eigenvalue weighted by Gasteiger charge is 2.07. The molecule has 0 spiro atoms. The van der Waals surface area contributed by atoms with Crippen molar-refractivity contribution < 1.29 is 4.79 Å². The molecule has 0 aromatic carbocycles. The molecule has 2 aromatic heterocycles. The molecule has 0 unspecified atom stereocenters. The summed E-state index contributed by atoms with van der Waals surface area (Å²) < 4.78 is 1.78. The maximum Gasteiger partial charge on any atom is 0.271 e. The third-order valence-electron chi connectivity index (χ3n) is 2.87. The minimum absolute atomic E-state index is 0.266. The van der Waals surface area contributed by atoms with Crippen molar-refractivity contribution in [3.05, 3.63) is 47.0 Å². The fourth-order valence-corrected chi connectivity index (χ4v) is 1.70. The first-order valence-corrected chi connectivity index (χ1v) is 5.83. The van der Waals surface area contributed by atoms with Gasteiger partial charge in [0.05, 0.1) is 11.9 Å². The summed E-state index contributed by atoms with van der Waals surface area (Å²) in [5, 5.41) is 8.23. The summed E-state index contributed by atoms with van der Waals surface area (Å²) in [6.45, 7) is 3.85. The van der Waals surface area contributed by atoms with Crippen LogP contribution in [0.25, 0.3) is 0 Å². The van der Waals surface area contributed by atoms with E-state index in [4.69, 9.17) is 0 Å². The molecule has 0 aliphatic carbocycles. The number of pyridine rings is 1. The Morgan fingerprint density at radius 1 is 1.37 bits per heavy atom. The van der Waals surface area contributed by atoms with Crippen molar-refractivity contribution in [2.45, 2.75) is 13.8 Å². The van der Waals surface area contributed by atoms with Crippen LogP contribution >= 0.6 is 0 Å². The van der Waals surface area contributed by atoms with Crippen LogP contribution in [0.5, 0.6) is 0 Å². The van der Waals surface area contributed by atoms with E-state index in [0.717, 1.165) is 17.0 Å². The molecule has 1 N–H and O–H groups in total. The molecule has 2 heterocycles. The summed E-state index contributed by atoms with van der Waals surface area (Å²) in [5.41, 5.74) is 5.79. The Kier molecular flexibility index (Phi) is 3.70. The fraction of sp³-hybridized carbons (Fsp3) is 0.231. The van der Waals surface area contributed by atoms with Gasteiger partial charge in [-0.25, -0.2) is 5.43 Å². The highest BCUT2D eigenvalue weighted by Crippen LogP contribution is 2.08. The first-order valence-electron chi connectivity index (χ1n) is 5.83. The molecule has 6 heteroatoms. The van der Waals surface area contributed by atoms with Gasteiger partial charge in [-0.3, -0.25) is 14.5 Å². The predicted octanol–water partition coefficient (Wildman–Crippen LogP) is 1.20. The van der Waals surface area contributed by atoms with E-state index in [1.165, 1.54) is 0 Å². The average molecular weight is 257 g/mol. The molecule has 0 aliphatic heterocycles. The Morgan fingerprint density at radius 3 is 2.63 bits per heavy atom. The normalized spacial score (nSPS) is 10.9. The third kappa shape index (κ3) is 2.85. The van der Waals surface area contributed by atoms with Crippen LogP contribution < -0.4 is 5.43 Å². The third-order valence-corrected chi connectivity index (χ3v) is 2.87. The second-order valence-corrected chi connectivity index (χ2v) is 4.14. The van der Waals surface area contributed by atoms with Crippen LogP contribution in [0.3, 0.4) is 0 Å². The summed E-state index contributed by atoms with van der Waals surface area (Å²) in [4.78, 5) is 15.6. The average Bonchev–Trinajstić information content (AvgIpc) is 2.66. The topological polar surface area (TPSA) is 72.2 Å². The number of hydrogen-bond donors (Lipinski definition) is 1. The van der Waals surface area contributed by atoms with Gasteiger partial charge in [-0.05, 0) is 26.0 Å². The summed E-state index contributed by atoms with van der Waals surface area (Å²) >= 11 is 0. The molecule has 1 amide bonds. The van der Waals surface area contributed by atoms with Crippen LogP contribution in [-0.2, 0) is 7.05 Å². The number of nitrogens with one attached hydrogen (secondary N) is 1. The monoisotopic (exact) mass is 257 g/mol. The standard InChI is InChI=1S/C13H15N5O/c1-9-12(10(2)18(3)17-9)8-15-16-13(19)11-4-6-14-7-5-11/h4-8H,1-3H3,(H,16,19)/b15-8+. The maximum absolute atomic E-state index is 11.7. The van der Waals surface area contributed by atoms with Gasteiger partial charge in [0.2, 0.25) is 0 Å². The Bertz CT molecular complexity index is 615. The highest BCUT2D eigenvalue weighted by molar-refractivity contribution is 5.94. The van der Waals surface area contributed by atoms with Crippen molar-refractivity contribution in [2.75, 3.05) is 0 Å². The minimum Gasteiger partial charge on any atom is -0.272 e. The van der Waals surface area contributed by atoms with Crippen molar-refractivity contribution in [1.82, 2.24) is 20.2 Å². The van der Waals surface area contributed by atoms with E-state index in [0.29, 0.717) is 5.56 Å². The summed E-state index contributed by atoms with van der Waals surface area (Å²) in [6.07, 6.45) is 4.73. The number of aryl methyl sites for hydroxylation is 2. The van der Waals surface area contributed by atoms with Crippen molar-refractivity contribution in [1.29, 1.82) is 0 Å². The smallest absolute Gasteiger partial charge is 0.271 e. The zero-order valence-electron chi connectivity index (χ0n) is 11.1. The zero-order chi connectivity index (χ0) is 13.8. The van der Waals surface area contributed by atoms with Gasteiger partial charge >= 0.3 is 0 Å². The first kappa shape index (κ1) is 12.9. The van der Waals surface area contributed by atoms with E-state index in [1.807, 2.05) is 20.9 Å². The first-order chi connectivity index (χ1) is 9.09. The van der Waals surface area contributed by atoms with E-state index in [9.17, 15) is 4.79 Å². The molecule has 6 nitrogen and oxygen atoms in total. The zero-order valence-corrected chi connectivity index (χ0v) is 11.1. The lowest BCUT2D eigenvalue weighted by Crippen LogP contribution is -2.17. The van der Waals surface area contributed by atoms with Crippen molar-refractivity contribution in [3.8, 4) is 0 Å². The number of amides is 1. The van der Waals surface area contributed by atoms with Gasteiger partial charge in [0.1, 0.15) is 0 Å².